The summed E-state index contributed by atoms with van der Waals surface area (Å²) >= 11 is 0. The van der Waals surface area contributed by atoms with Crippen LogP contribution in [-0.2, 0) is 0 Å². The maximum atomic E-state index is 10.9. The van der Waals surface area contributed by atoms with E-state index in [1.165, 1.54) is 5.56 Å². The third kappa shape index (κ3) is 4.24. The summed E-state index contributed by atoms with van der Waals surface area (Å²) in [5.74, 6) is 0.431. The predicted molar refractivity (Wildman–Crippen MR) is 87.3 cm³/mol. The lowest BCUT2D eigenvalue weighted by atomic mass is 9.96. The van der Waals surface area contributed by atoms with Gasteiger partial charge < -0.3 is 16.4 Å². The molecule has 0 aliphatic rings. The molecule has 2 aromatic rings. The van der Waals surface area contributed by atoms with E-state index >= 15 is 0 Å². The second kappa shape index (κ2) is 6.79. The quantitative estimate of drug-likeness (QED) is 0.776. The smallest absolute Gasteiger partial charge is 0.316 e. The van der Waals surface area contributed by atoms with Crippen molar-refractivity contribution in [3.63, 3.8) is 0 Å². The fraction of sp³-hybridized carbons (Fsp3) is 0.235. The Bertz CT molecular complexity index is 596. The van der Waals surface area contributed by atoms with E-state index in [0.717, 1.165) is 5.69 Å². The Morgan fingerprint density at radius 3 is 2.29 bits per heavy atom. The van der Waals surface area contributed by atoms with E-state index < -0.39 is 6.03 Å². The average molecular weight is 283 g/mol. The van der Waals surface area contributed by atoms with Crippen molar-refractivity contribution >= 4 is 17.4 Å². The van der Waals surface area contributed by atoms with Crippen LogP contribution in [0.25, 0.3) is 0 Å². The fourth-order valence-electron chi connectivity index (χ4n) is 2.30. The summed E-state index contributed by atoms with van der Waals surface area (Å²) in [7, 11) is 0. The van der Waals surface area contributed by atoms with E-state index in [1.54, 1.807) is 0 Å². The number of hydrogen-bond acceptors (Lipinski definition) is 2. The molecule has 0 bridgehead atoms. The molecule has 0 spiro atoms. The molecule has 0 heterocycles. The standard InChI is InChI=1S/C17H21N3O/c1-12(2)16(13-7-4-3-5-8-13)19-14-9-6-10-15(11-14)20-17(18)21/h3-12,16,19H,1-2H3,(H3,18,20,21). The first-order valence-corrected chi connectivity index (χ1v) is 7.04. The number of amides is 2. The highest BCUT2D eigenvalue weighted by Gasteiger charge is 2.15. The van der Waals surface area contributed by atoms with Gasteiger partial charge in [-0.15, -0.1) is 0 Å². The van der Waals surface area contributed by atoms with Crippen molar-refractivity contribution in [2.75, 3.05) is 10.6 Å². The summed E-state index contributed by atoms with van der Waals surface area (Å²) in [5, 5.41) is 6.10. The maximum absolute atomic E-state index is 10.9. The molecule has 1 unspecified atom stereocenters. The largest absolute Gasteiger partial charge is 0.378 e. The predicted octanol–water partition coefficient (Wildman–Crippen LogP) is 3.99. The van der Waals surface area contributed by atoms with Gasteiger partial charge in [-0.05, 0) is 29.7 Å². The molecular formula is C17H21N3O. The first-order valence-electron chi connectivity index (χ1n) is 7.04. The zero-order chi connectivity index (χ0) is 15.2. The Balaban J connectivity index is 2.19. The van der Waals surface area contributed by atoms with Crippen LogP contribution in [0.2, 0.25) is 0 Å². The number of nitrogens with one attached hydrogen (secondary N) is 2. The zero-order valence-electron chi connectivity index (χ0n) is 12.3. The molecule has 21 heavy (non-hydrogen) atoms. The Kier molecular flexibility index (Phi) is 4.82. The van der Waals surface area contributed by atoms with Gasteiger partial charge in [0.1, 0.15) is 0 Å². The van der Waals surface area contributed by atoms with Crippen molar-refractivity contribution in [2.24, 2.45) is 11.7 Å². The topological polar surface area (TPSA) is 67.2 Å². The number of primary amides is 1. The Morgan fingerprint density at radius 1 is 1.00 bits per heavy atom. The molecule has 1 atom stereocenters. The van der Waals surface area contributed by atoms with Gasteiger partial charge in [-0.3, -0.25) is 0 Å². The van der Waals surface area contributed by atoms with Crippen molar-refractivity contribution in [3.05, 3.63) is 60.2 Å². The molecule has 2 rings (SSSR count). The van der Waals surface area contributed by atoms with Gasteiger partial charge in [-0.25, -0.2) is 4.79 Å². The van der Waals surface area contributed by atoms with Crippen LogP contribution in [0.1, 0.15) is 25.5 Å². The molecule has 110 valence electrons. The summed E-state index contributed by atoms with van der Waals surface area (Å²) in [4.78, 5) is 10.9. The molecule has 2 aromatic carbocycles. The maximum Gasteiger partial charge on any atom is 0.316 e. The van der Waals surface area contributed by atoms with Crippen molar-refractivity contribution in [3.8, 4) is 0 Å². The molecule has 0 radical (unpaired) electrons. The normalized spacial score (nSPS) is 12.0. The summed E-state index contributed by atoms with van der Waals surface area (Å²) in [6.07, 6.45) is 0. The van der Waals surface area contributed by atoms with E-state index in [4.69, 9.17) is 5.73 Å². The Hall–Kier alpha value is -2.49. The molecule has 0 aliphatic carbocycles. The number of anilines is 2. The van der Waals surface area contributed by atoms with E-state index in [2.05, 4.69) is 36.6 Å². The van der Waals surface area contributed by atoms with Crippen LogP contribution < -0.4 is 16.4 Å². The van der Waals surface area contributed by atoms with Gasteiger partial charge >= 0.3 is 6.03 Å². The molecular weight excluding hydrogens is 262 g/mol. The number of hydrogen-bond donors (Lipinski definition) is 3. The van der Waals surface area contributed by atoms with Gasteiger partial charge in [0.25, 0.3) is 0 Å². The molecule has 0 aliphatic heterocycles. The van der Waals surface area contributed by atoms with Crippen LogP contribution >= 0.6 is 0 Å². The van der Waals surface area contributed by atoms with Crippen LogP contribution in [0.15, 0.2) is 54.6 Å². The van der Waals surface area contributed by atoms with Gasteiger partial charge in [0.15, 0.2) is 0 Å². The molecule has 4 heteroatoms. The van der Waals surface area contributed by atoms with Crippen LogP contribution in [-0.4, -0.2) is 6.03 Å². The van der Waals surface area contributed by atoms with E-state index in [-0.39, 0.29) is 6.04 Å². The number of carbonyl (C=O) groups excluding carboxylic acids is 1. The van der Waals surface area contributed by atoms with Crippen molar-refractivity contribution < 1.29 is 4.79 Å². The van der Waals surface area contributed by atoms with Gasteiger partial charge in [0.05, 0.1) is 6.04 Å². The van der Waals surface area contributed by atoms with Gasteiger partial charge in [-0.2, -0.15) is 0 Å². The molecule has 4 nitrogen and oxygen atoms in total. The summed E-state index contributed by atoms with van der Waals surface area (Å²) in [5.41, 5.74) is 8.01. The zero-order valence-corrected chi connectivity index (χ0v) is 12.3. The van der Waals surface area contributed by atoms with Gasteiger partial charge in [-0.1, -0.05) is 50.2 Å². The third-order valence-electron chi connectivity index (χ3n) is 3.28. The average Bonchev–Trinajstić information content (AvgIpc) is 2.45. The van der Waals surface area contributed by atoms with Crippen LogP contribution in [0.4, 0.5) is 16.2 Å². The van der Waals surface area contributed by atoms with Crippen molar-refractivity contribution in [1.29, 1.82) is 0 Å². The fourth-order valence-corrected chi connectivity index (χ4v) is 2.30. The monoisotopic (exact) mass is 283 g/mol. The first kappa shape index (κ1) is 14.9. The second-order valence-electron chi connectivity index (χ2n) is 5.35. The van der Waals surface area contributed by atoms with Crippen LogP contribution in [0.5, 0.6) is 0 Å². The number of benzene rings is 2. The number of rotatable bonds is 5. The number of urea groups is 1. The Morgan fingerprint density at radius 2 is 1.67 bits per heavy atom. The van der Waals surface area contributed by atoms with Crippen molar-refractivity contribution in [1.82, 2.24) is 0 Å². The molecule has 4 N–H and O–H groups in total. The highest BCUT2D eigenvalue weighted by molar-refractivity contribution is 5.88. The third-order valence-corrected chi connectivity index (χ3v) is 3.28. The van der Waals surface area contributed by atoms with Crippen molar-refractivity contribution in [2.45, 2.75) is 19.9 Å². The minimum absolute atomic E-state index is 0.204. The van der Waals surface area contributed by atoms with E-state index in [0.29, 0.717) is 11.6 Å². The lowest BCUT2D eigenvalue weighted by Crippen LogP contribution is -2.20. The SMILES string of the molecule is CC(C)C(Nc1cccc(NC(N)=O)c1)c1ccccc1. The first-order chi connectivity index (χ1) is 10.1. The molecule has 2 amide bonds. The second-order valence-corrected chi connectivity index (χ2v) is 5.35. The van der Waals surface area contributed by atoms with Crippen LogP contribution in [0, 0.1) is 5.92 Å². The lowest BCUT2D eigenvalue weighted by Gasteiger charge is -2.24. The van der Waals surface area contributed by atoms with Gasteiger partial charge in [0.2, 0.25) is 0 Å². The minimum atomic E-state index is -0.560. The molecule has 0 saturated heterocycles. The van der Waals surface area contributed by atoms with Crippen LogP contribution in [0.3, 0.4) is 0 Å². The lowest BCUT2D eigenvalue weighted by molar-refractivity contribution is 0.259. The summed E-state index contributed by atoms with van der Waals surface area (Å²) in [6.45, 7) is 4.35. The Labute approximate surface area is 125 Å². The number of nitrogens with two attached hydrogens (primary N) is 1. The molecule has 0 saturated carbocycles. The molecule has 0 fully saturated rings. The van der Waals surface area contributed by atoms with Gasteiger partial charge in [0, 0.05) is 11.4 Å². The number of carbonyl (C=O) groups is 1. The highest BCUT2D eigenvalue weighted by atomic mass is 16.2. The van der Waals surface area contributed by atoms with E-state index in [1.807, 2.05) is 42.5 Å². The minimum Gasteiger partial charge on any atom is -0.378 e. The van der Waals surface area contributed by atoms with E-state index in [9.17, 15) is 4.79 Å². The summed E-state index contributed by atoms with van der Waals surface area (Å²) < 4.78 is 0. The highest BCUT2D eigenvalue weighted by Crippen LogP contribution is 2.27. The molecule has 0 aromatic heterocycles. The summed E-state index contributed by atoms with van der Waals surface area (Å²) in [6, 6.07) is 17.5.